The number of primary amides is 1. The Morgan fingerprint density at radius 2 is 2.26 bits per heavy atom. The minimum Gasteiger partial charge on any atom is -0.399 e. The first-order chi connectivity index (χ1) is 8.95. The van der Waals surface area contributed by atoms with E-state index >= 15 is 0 Å². The second kappa shape index (κ2) is 4.97. The number of rotatable bonds is 4. The Bertz CT molecular complexity index is 679. The van der Waals surface area contributed by atoms with Gasteiger partial charge in [0.25, 0.3) is 5.56 Å². The summed E-state index contributed by atoms with van der Waals surface area (Å²) in [5.74, 6) is -0.119. The van der Waals surface area contributed by atoms with Gasteiger partial charge in [-0.1, -0.05) is 0 Å². The van der Waals surface area contributed by atoms with Crippen LogP contribution in [0.5, 0.6) is 0 Å². The van der Waals surface area contributed by atoms with Crippen molar-refractivity contribution in [2.24, 2.45) is 5.73 Å². The van der Waals surface area contributed by atoms with Crippen molar-refractivity contribution in [3.8, 4) is 0 Å². The van der Waals surface area contributed by atoms with Gasteiger partial charge in [-0.2, -0.15) is 0 Å². The molecule has 0 bridgehead atoms. The number of benzene rings is 1. The summed E-state index contributed by atoms with van der Waals surface area (Å²) in [7, 11) is 0. The number of carbonyl (C=O) groups excluding carboxylic acids is 1. The van der Waals surface area contributed by atoms with Gasteiger partial charge in [-0.15, -0.1) is 0 Å². The van der Waals surface area contributed by atoms with Crippen LogP contribution in [0, 0.1) is 0 Å². The van der Waals surface area contributed by atoms with Crippen LogP contribution < -0.4 is 22.3 Å². The van der Waals surface area contributed by atoms with Gasteiger partial charge in [-0.3, -0.25) is 14.6 Å². The zero-order valence-electron chi connectivity index (χ0n) is 10.4. The van der Waals surface area contributed by atoms with Crippen molar-refractivity contribution >= 4 is 28.4 Å². The summed E-state index contributed by atoms with van der Waals surface area (Å²) in [6.07, 6.45) is 0.156. The first-order valence-corrected chi connectivity index (χ1v) is 5.80. The van der Waals surface area contributed by atoms with Gasteiger partial charge in [0.15, 0.2) is 0 Å². The van der Waals surface area contributed by atoms with Gasteiger partial charge in [0.2, 0.25) is 11.9 Å². The molecule has 1 unspecified atom stereocenters. The molecule has 7 nitrogen and oxygen atoms in total. The number of carbonyl (C=O) groups is 1. The summed E-state index contributed by atoms with van der Waals surface area (Å²) in [5.41, 5.74) is 11.5. The highest BCUT2D eigenvalue weighted by molar-refractivity contribution is 5.81. The van der Waals surface area contributed by atoms with Crippen LogP contribution in [0.2, 0.25) is 0 Å². The number of hydrogen-bond acceptors (Lipinski definition) is 5. The molecule has 0 aliphatic rings. The van der Waals surface area contributed by atoms with Gasteiger partial charge in [0.1, 0.15) is 0 Å². The summed E-state index contributed by atoms with van der Waals surface area (Å²) in [6.45, 7) is 1.78. The van der Waals surface area contributed by atoms with E-state index < -0.39 is 5.91 Å². The molecule has 0 aliphatic carbocycles. The Morgan fingerprint density at radius 3 is 2.95 bits per heavy atom. The lowest BCUT2D eigenvalue weighted by Crippen LogP contribution is -2.26. The van der Waals surface area contributed by atoms with Crippen LogP contribution in [-0.4, -0.2) is 21.9 Å². The van der Waals surface area contributed by atoms with Crippen LogP contribution in [0.4, 0.5) is 11.6 Å². The molecule has 19 heavy (non-hydrogen) atoms. The van der Waals surface area contributed by atoms with Gasteiger partial charge in [0, 0.05) is 18.2 Å². The molecule has 1 aromatic heterocycles. The van der Waals surface area contributed by atoms with Gasteiger partial charge < -0.3 is 16.8 Å². The van der Waals surface area contributed by atoms with E-state index in [0.717, 1.165) is 0 Å². The van der Waals surface area contributed by atoms with E-state index in [0.29, 0.717) is 22.5 Å². The fourth-order valence-corrected chi connectivity index (χ4v) is 1.81. The largest absolute Gasteiger partial charge is 0.399 e. The number of anilines is 2. The predicted molar refractivity (Wildman–Crippen MR) is 73.7 cm³/mol. The monoisotopic (exact) mass is 261 g/mol. The molecule has 0 spiro atoms. The molecule has 1 aromatic carbocycles. The van der Waals surface area contributed by atoms with Gasteiger partial charge >= 0.3 is 0 Å². The van der Waals surface area contributed by atoms with E-state index in [1.54, 1.807) is 25.1 Å². The molecule has 0 aliphatic heterocycles. The lowest BCUT2D eigenvalue weighted by molar-refractivity contribution is -0.118. The average molecular weight is 261 g/mol. The molecule has 2 rings (SSSR count). The number of nitrogen functional groups attached to an aromatic ring is 1. The molecule has 0 saturated heterocycles. The first-order valence-electron chi connectivity index (χ1n) is 5.80. The number of nitrogens with one attached hydrogen (secondary N) is 2. The normalized spacial score (nSPS) is 12.3. The minimum atomic E-state index is -0.420. The summed E-state index contributed by atoms with van der Waals surface area (Å²) in [4.78, 5) is 29.5. The molecule has 1 amide bonds. The molecule has 0 radical (unpaired) electrons. The number of nitrogens with two attached hydrogens (primary N) is 2. The second-order valence-electron chi connectivity index (χ2n) is 4.41. The quantitative estimate of drug-likeness (QED) is 0.584. The van der Waals surface area contributed by atoms with Crippen molar-refractivity contribution in [2.45, 2.75) is 19.4 Å². The third kappa shape index (κ3) is 3.01. The molecule has 0 saturated carbocycles. The predicted octanol–water partition coefficient (Wildman–Crippen LogP) is 0.181. The lowest BCUT2D eigenvalue weighted by atomic mass is 10.2. The Balaban J connectivity index is 2.33. The van der Waals surface area contributed by atoms with Crippen LogP contribution in [-0.2, 0) is 4.79 Å². The van der Waals surface area contributed by atoms with Gasteiger partial charge in [-0.25, -0.2) is 4.98 Å². The fourth-order valence-electron chi connectivity index (χ4n) is 1.81. The molecule has 1 atom stereocenters. The van der Waals surface area contributed by atoms with Crippen molar-refractivity contribution in [1.29, 1.82) is 0 Å². The third-order valence-corrected chi connectivity index (χ3v) is 2.62. The molecule has 1 heterocycles. The van der Waals surface area contributed by atoms with E-state index in [1.165, 1.54) is 0 Å². The standard InChI is InChI=1S/C12H15N5O2/c1-6(4-10(14)18)15-12-16-9-3-2-7(13)5-8(9)11(19)17-12/h2-3,5-6H,4,13H2,1H3,(H2,14,18)(H2,15,16,17,19). The number of nitrogens with zero attached hydrogens (tertiary/aromatic N) is 1. The zero-order chi connectivity index (χ0) is 14.0. The number of aromatic amines is 1. The number of aromatic nitrogens is 2. The van der Waals surface area contributed by atoms with Crippen LogP contribution >= 0.6 is 0 Å². The second-order valence-corrected chi connectivity index (χ2v) is 4.41. The Kier molecular flexibility index (Phi) is 3.37. The minimum absolute atomic E-state index is 0.156. The SMILES string of the molecule is CC(CC(N)=O)Nc1nc2ccc(N)cc2c(=O)[nH]1. The highest BCUT2D eigenvalue weighted by Gasteiger charge is 2.09. The van der Waals surface area contributed by atoms with Crippen molar-refractivity contribution < 1.29 is 4.79 Å². The number of hydrogen-bond donors (Lipinski definition) is 4. The van der Waals surface area contributed by atoms with E-state index in [1.807, 2.05) is 0 Å². The van der Waals surface area contributed by atoms with E-state index in [9.17, 15) is 9.59 Å². The molecule has 7 heteroatoms. The topological polar surface area (TPSA) is 127 Å². The zero-order valence-corrected chi connectivity index (χ0v) is 10.4. The molecule has 6 N–H and O–H groups in total. The van der Waals surface area contributed by atoms with Crippen molar-refractivity contribution in [3.63, 3.8) is 0 Å². The molecular weight excluding hydrogens is 246 g/mol. The molecular formula is C12H15N5O2. The Labute approximate surface area is 109 Å². The van der Waals surface area contributed by atoms with Gasteiger partial charge in [-0.05, 0) is 25.1 Å². The van der Waals surface area contributed by atoms with Crippen molar-refractivity contribution in [3.05, 3.63) is 28.6 Å². The van der Waals surface area contributed by atoms with Gasteiger partial charge in [0.05, 0.1) is 10.9 Å². The van der Waals surface area contributed by atoms with Crippen LogP contribution in [0.3, 0.4) is 0 Å². The van der Waals surface area contributed by atoms with Crippen molar-refractivity contribution in [2.75, 3.05) is 11.1 Å². The highest BCUT2D eigenvalue weighted by Crippen LogP contribution is 2.13. The summed E-state index contributed by atoms with van der Waals surface area (Å²) < 4.78 is 0. The fraction of sp³-hybridized carbons (Fsp3) is 0.250. The van der Waals surface area contributed by atoms with E-state index in [-0.39, 0.29) is 18.0 Å². The first kappa shape index (κ1) is 12.9. The summed E-state index contributed by atoms with van der Waals surface area (Å²) in [6, 6.07) is 4.69. The van der Waals surface area contributed by atoms with Crippen LogP contribution in [0.15, 0.2) is 23.0 Å². The summed E-state index contributed by atoms with van der Waals surface area (Å²) >= 11 is 0. The smallest absolute Gasteiger partial charge is 0.260 e. The average Bonchev–Trinajstić information content (AvgIpc) is 2.29. The maximum Gasteiger partial charge on any atom is 0.260 e. The molecule has 2 aromatic rings. The van der Waals surface area contributed by atoms with Crippen molar-refractivity contribution in [1.82, 2.24) is 9.97 Å². The third-order valence-electron chi connectivity index (χ3n) is 2.62. The lowest BCUT2D eigenvalue weighted by Gasteiger charge is -2.12. The summed E-state index contributed by atoms with van der Waals surface area (Å²) in [5, 5.41) is 3.35. The van der Waals surface area contributed by atoms with E-state index in [4.69, 9.17) is 11.5 Å². The number of fused-ring (bicyclic) bond motifs is 1. The number of amides is 1. The Morgan fingerprint density at radius 1 is 1.53 bits per heavy atom. The highest BCUT2D eigenvalue weighted by atomic mass is 16.1. The number of H-pyrrole nitrogens is 1. The maximum atomic E-state index is 11.9. The molecule has 100 valence electrons. The van der Waals surface area contributed by atoms with Crippen LogP contribution in [0.25, 0.3) is 10.9 Å². The van der Waals surface area contributed by atoms with E-state index in [2.05, 4.69) is 15.3 Å². The molecule has 0 fully saturated rings. The Hall–Kier alpha value is -2.57. The maximum absolute atomic E-state index is 11.9. The van der Waals surface area contributed by atoms with Crippen LogP contribution in [0.1, 0.15) is 13.3 Å².